The molecule has 0 radical (unpaired) electrons. The van der Waals surface area contributed by atoms with Gasteiger partial charge in [0.1, 0.15) is 5.75 Å². The molecule has 0 bridgehead atoms. The minimum atomic E-state index is -2.84. The van der Waals surface area contributed by atoms with Crippen LogP contribution in [0.3, 0.4) is 0 Å². The number of halogens is 2. The second kappa shape index (κ2) is 6.77. The number of benzene rings is 2. The van der Waals surface area contributed by atoms with Crippen molar-refractivity contribution in [2.75, 3.05) is 5.32 Å². The van der Waals surface area contributed by atoms with E-state index in [1.165, 1.54) is 29.7 Å². The smallest absolute Gasteiger partial charge is 0.387 e. The number of anilines is 1. The zero-order valence-corrected chi connectivity index (χ0v) is 12.5. The Balaban J connectivity index is 1.58. The largest absolute Gasteiger partial charge is 0.435 e. The first-order chi connectivity index (χ1) is 11.1. The Morgan fingerprint density at radius 3 is 2.57 bits per heavy atom. The molecule has 2 aromatic rings. The minimum absolute atomic E-state index is 0.0859. The molecule has 0 unspecified atom stereocenters. The lowest BCUT2D eigenvalue weighted by atomic mass is 10.1. The normalized spacial score (nSPS) is 13.0. The van der Waals surface area contributed by atoms with E-state index in [1.807, 2.05) is 12.1 Å². The number of ether oxygens (including phenoxy) is 1. The monoisotopic (exact) mass is 317 g/mol. The van der Waals surface area contributed by atoms with Crippen molar-refractivity contribution in [2.45, 2.75) is 32.3 Å². The second-order valence-corrected chi connectivity index (χ2v) is 5.58. The van der Waals surface area contributed by atoms with Crippen molar-refractivity contribution in [1.82, 2.24) is 0 Å². The van der Waals surface area contributed by atoms with Crippen LogP contribution in [0.5, 0.6) is 5.75 Å². The number of carbonyl (C=O) groups is 1. The van der Waals surface area contributed by atoms with E-state index in [1.54, 1.807) is 12.1 Å². The molecule has 0 saturated carbocycles. The molecule has 3 rings (SSSR count). The molecule has 23 heavy (non-hydrogen) atoms. The van der Waals surface area contributed by atoms with Crippen molar-refractivity contribution in [2.24, 2.45) is 0 Å². The van der Waals surface area contributed by atoms with Crippen molar-refractivity contribution in [3.63, 3.8) is 0 Å². The van der Waals surface area contributed by atoms with Crippen molar-refractivity contribution in [3.8, 4) is 5.75 Å². The van der Waals surface area contributed by atoms with Crippen LogP contribution in [0, 0.1) is 0 Å². The summed E-state index contributed by atoms with van der Waals surface area (Å²) in [6.45, 7) is -2.84. The van der Waals surface area contributed by atoms with Crippen LogP contribution < -0.4 is 10.1 Å². The number of carbonyl (C=O) groups excluding carboxylic acids is 1. The molecule has 0 saturated heterocycles. The fourth-order valence-corrected chi connectivity index (χ4v) is 2.83. The highest BCUT2D eigenvalue weighted by Gasteiger charge is 2.12. The van der Waals surface area contributed by atoms with E-state index in [0.29, 0.717) is 0 Å². The van der Waals surface area contributed by atoms with Gasteiger partial charge >= 0.3 is 6.61 Å². The summed E-state index contributed by atoms with van der Waals surface area (Å²) in [7, 11) is 0. The number of nitrogens with one attached hydrogen (secondary N) is 1. The van der Waals surface area contributed by atoms with Gasteiger partial charge in [-0.15, -0.1) is 0 Å². The van der Waals surface area contributed by atoms with E-state index in [9.17, 15) is 13.6 Å². The number of alkyl halides is 2. The van der Waals surface area contributed by atoms with Crippen LogP contribution in [0.25, 0.3) is 0 Å². The number of aryl methyl sites for hydroxylation is 2. The van der Waals surface area contributed by atoms with Crippen molar-refractivity contribution < 1.29 is 18.3 Å². The molecule has 0 heterocycles. The molecule has 0 aliphatic heterocycles. The third-order valence-corrected chi connectivity index (χ3v) is 3.90. The van der Waals surface area contributed by atoms with E-state index in [0.717, 1.165) is 24.1 Å². The zero-order chi connectivity index (χ0) is 16.2. The Hall–Kier alpha value is -2.43. The molecule has 0 spiro atoms. The molecule has 0 atom stereocenters. The van der Waals surface area contributed by atoms with Gasteiger partial charge in [0.15, 0.2) is 0 Å². The predicted molar refractivity (Wildman–Crippen MR) is 83.9 cm³/mol. The molecule has 120 valence electrons. The van der Waals surface area contributed by atoms with Gasteiger partial charge in [-0.3, -0.25) is 4.79 Å². The highest BCUT2D eigenvalue weighted by molar-refractivity contribution is 5.92. The molecule has 1 aliphatic carbocycles. The lowest BCUT2D eigenvalue weighted by Gasteiger charge is -2.08. The van der Waals surface area contributed by atoms with Crippen molar-refractivity contribution in [1.29, 1.82) is 0 Å². The zero-order valence-electron chi connectivity index (χ0n) is 12.5. The molecule has 1 aliphatic rings. The molecule has 5 heteroatoms. The van der Waals surface area contributed by atoms with Crippen molar-refractivity contribution >= 4 is 11.6 Å². The molecule has 0 aromatic heterocycles. The quantitative estimate of drug-likeness (QED) is 0.906. The summed E-state index contributed by atoms with van der Waals surface area (Å²) in [6.07, 6.45) is 3.52. The molecular formula is C18H17F2NO2. The van der Waals surface area contributed by atoms with Gasteiger partial charge in [0, 0.05) is 5.69 Å². The summed E-state index contributed by atoms with van der Waals surface area (Å²) in [4.78, 5) is 12.1. The summed E-state index contributed by atoms with van der Waals surface area (Å²) in [5.41, 5.74) is 4.20. The van der Waals surface area contributed by atoms with Gasteiger partial charge < -0.3 is 10.1 Å². The standard InChI is InChI=1S/C18H17F2NO2/c19-18(20)23-16-8-4-12(5-9-16)10-17(22)21-15-7-6-13-2-1-3-14(13)11-15/h4-9,11,18H,1-3,10H2,(H,21,22). The van der Waals surface area contributed by atoms with E-state index in [-0.39, 0.29) is 18.1 Å². The van der Waals surface area contributed by atoms with Gasteiger partial charge in [0.2, 0.25) is 5.91 Å². The summed E-state index contributed by atoms with van der Waals surface area (Å²) in [5.74, 6) is -0.0479. The van der Waals surface area contributed by atoms with Gasteiger partial charge in [-0.2, -0.15) is 8.78 Å². The number of amides is 1. The van der Waals surface area contributed by atoms with Crippen LogP contribution >= 0.6 is 0 Å². The summed E-state index contributed by atoms with van der Waals surface area (Å²) in [6, 6.07) is 12.1. The van der Waals surface area contributed by atoms with Crippen LogP contribution in [-0.4, -0.2) is 12.5 Å². The van der Waals surface area contributed by atoms with Gasteiger partial charge in [-0.05, 0) is 60.2 Å². The molecular weight excluding hydrogens is 300 g/mol. The fourth-order valence-electron chi connectivity index (χ4n) is 2.83. The first-order valence-corrected chi connectivity index (χ1v) is 7.55. The highest BCUT2D eigenvalue weighted by atomic mass is 19.3. The first-order valence-electron chi connectivity index (χ1n) is 7.55. The van der Waals surface area contributed by atoms with Gasteiger partial charge in [0.05, 0.1) is 6.42 Å². The summed E-state index contributed by atoms with van der Waals surface area (Å²) < 4.78 is 28.4. The number of fused-ring (bicyclic) bond motifs is 1. The van der Waals surface area contributed by atoms with E-state index >= 15 is 0 Å². The lowest BCUT2D eigenvalue weighted by molar-refractivity contribution is -0.115. The third kappa shape index (κ3) is 4.06. The second-order valence-electron chi connectivity index (χ2n) is 5.58. The Morgan fingerprint density at radius 1 is 1.09 bits per heavy atom. The molecule has 1 N–H and O–H groups in total. The Bertz CT molecular complexity index is 699. The van der Waals surface area contributed by atoms with Crippen LogP contribution in [0.4, 0.5) is 14.5 Å². The topological polar surface area (TPSA) is 38.3 Å². The first kappa shape index (κ1) is 15.5. The summed E-state index contributed by atoms with van der Waals surface area (Å²) >= 11 is 0. The number of hydrogen-bond donors (Lipinski definition) is 1. The van der Waals surface area contributed by atoms with E-state index in [2.05, 4.69) is 16.1 Å². The van der Waals surface area contributed by atoms with Gasteiger partial charge in [0.25, 0.3) is 0 Å². The van der Waals surface area contributed by atoms with Crippen molar-refractivity contribution in [3.05, 3.63) is 59.2 Å². The van der Waals surface area contributed by atoms with Crippen LogP contribution in [-0.2, 0) is 24.1 Å². The van der Waals surface area contributed by atoms with Crippen LogP contribution in [0.1, 0.15) is 23.1 Å². The summed E-state index contributed by atoms with van der Waals surface area (Å²) in [5, 5.41) is 2.88. The maximum atomic E-state index is 12.1. The fraction of sp³-hybridized carbons (Fsp3) is 0.278. The Morgan fingerprint density at radius 2 is 1.83 bits per heavy atom. The Labute approximate surface area is 133 Å². The average molecular weight is 317 g/mol. The number of hydrogen-bond acceptors (Lipinski definition) is 2. The van der Waals surface area contributed by atoms with Gasteiger partial charge in [-0.1, -0.05) is 18.2 Å². The van der Waals surface area contributed by atoms with Crippen LogP contribution in [0.15, 0.2) is 42.5 Å². The SMILES string of the molecule is O=C(Cc1ccc(OC(F)F)cc1)Nc1ccc2c(c1)CCC2. The molecule has 2 aromatic carbocycles. The molecule has 0 fully saturated rings. The average Bonchev–Trinajstić information content (AvgIpc) is 2.96. The maximum Gasteiger partial charge on any atom is 0.387 e. The van der Waals surface area contributed by atoms with E-state index in [4.69, 9.17) is 0 Å². The predicted octanol–water partition coefficient (Wildman–Crippen LogP) is 3.96. The third-order valence-electron chi connectivity index (χ3n) is 3.90. The van der Waals surface area contributed by atoms with Gasteiger partial charge in [-0.25, -0.2) is 0 Å². The molecule has 1 amide bonds. The Kier molecular flexibility index (Phi) is 4.55. The lowest BCUT2D eigenvalue weighted by Crippen LogP contribution is -2.14. The number of rotatable bonds is 5. The van der Waals surface area contributed by atoms with Crippen LogP contribution in [0.2, 0.25) is 0 Å². The van der Waals surface area contributed by atoms with E-state index < -0.39 is 6.61 Å². The highest BCUT2D eigenvalue weighted by Crippen LogP contribution is 2.25. The molecule has 3 nitrogen and oxygen atoms in total. The maximum absolute atomic E-state index is 12.1. The minimum Gasteiger partial charge on any atom is -0.435 e.